The molecule has 0 saturated heterocycles. The molecule has 0 saturated carbocycles. The van der Waals surface area contributed by atoms with Gasteiger partial charge in [0.1, 0.15) is 11.5 Å². The summed E-state index contributed by atoms with van der Waals surface area (Å²) >= 11 is 0. The fourth-order valence-electron chi connectivity index (χ4n) is 2.31. The lowest BCUT2D eigenvalue weighted by Gasteiger charge is -2.15. The number of carbonyl (C=O) groups is 1. The van der Waals surface area contributed by atoms with Crippen LogP contribution in [0.3, 0.4) is 0 Å². The zero-order valence-corrected chi connectivity index (χ0v) is 14.8. The first-order valence-electron chi connectivity index (χ1n) is 8.14. The number of hydrogen-bond acceptors (Lipinski definition) is 3. The molecule has 0 bridgehead atoms. The number of ether oxygens (including phenoxy) is 2. The number of rotatable bonds is 7. The summed E-state index contributed by atoms with van der Waals surface area (Å²) in [6.45, 7) is 6.42. The maximum absolute atomic E-state index is 12.1. The number of nitrogens with one attached hydrogen (secondary N) is 1. The number of benzene rings is 2. The highest BCUT2D eigenvalue weighted by Crippen LogP contribution is 2.17. The lowest BCUT2D eigenvalue weighted by atomic mass is 10.1. The highest BCUT2D eigenvalue weighted by molar-refractivity contribution is 5.80. The maximum Gasteiger partial charge on any atom is 0.260 e. The van der Waals surface area contributed by atoms with E-state index in [0.717, 1.165) is 29.0 Å². The molecule has 2 aromatic rings. The Balaban J connectivity index is 1.79. The topological polar surface area (TPSA) is 47.6 Å². The van der Waals surface area contributed by atoms with Gasteiger partial charge in [0.15, 0.2) is 6.10 Å². The highest BCUT2D eigenvalue weighted by Gasteiger charge is 2.14. The van der Waals surface area contributed by atoms with E-state index in [0.29, 0.717) is 6.54 Å². The van der Waals surface area contributed by atoms with E-state index in [9.17, 15) is 4.79 Å². The van der Waals surface area contributed by atoms with Gasteiger partial charge in [0.2, 0.25) is 0 Å². The van der Waals surface area contributed by atoms with Crippen molar-refractivity contribution in [2.45, 2.75) is 33.3 Å². The smallest absolute Gasteiger partial charge is 0.260 e. The number of carbonyl (C=O) groups excluding carboxylic acids is 1. The monoisotopic (exact) mass is 327 g/mol. The zero-order chi connectivity index (χ0) is 17.5. The van der Waals surface area contributed by atoms with Crippen molar-refractivity contribution in [3.63, 3.8) is 0 Å². The zero-order valence-electron chi connectivity index (χ0n) is 14.8. The van der Waals surface area contributed by atoms with Gasteiger partial charge in [0, 0.05) is 6.54 Å². The molecule has 1 N–H and O–H groups in total. The average molecular weight is 327 g/mol. The van der Waals surface area contributed by atoms with Gasteiger partial charge in [0.25, 0.3) is 5.91 Å². The summed E-state index contributed by atoms with van der Waals surface area (Å²) in [5, 5.41) is 2.91. The lowest BCUT2D eigenvalue weighted by molar-refractivity contribution is -0.127. The SMILES string of the molecule is COc1ccc(CCNC(=O)[C@H](C)Oc2ccc(C)c(C)c2)cc1. The molecule has 2 aromatic carbocycles. The second-order valence-electron chi connectivity index (χ2n) is 5.90. The van der Waals surface area contributed by atoms with Crippen molar-refractivity contribution in [2.24, 2.45) is 0 Å². The Morgan fingerprint density at radius 3 is 2.33 bits per heavy atom. The second-order valence-corrected chi connectivity index (χ2v) is 5.90. The summed E-state index contributed by atoms with van der Waals surface area (Å²) in [4.78, 5) is 12.1. The van der Waals surface area contributed by atoms with Gasteiger partial charge in [-0.05, 0) is 68.1 Å². The largest absolute Gasteiger partial charge is 0.497 e. The maximum atomic E-state index is 12.1. The van der Waals surface area contributed by atoms with Crippen LogP contribution < -0.4 is 14.8 Å². The van der Waals surface area contributed by atoms with Crippen molar-refractivity contribution < 1.29 is 14.3 Å². The van der Waals surface area contributed by atoms with Crippen LogP contribution in [0.5, 0.6) is 11.5 Å². The molecule has 0 radical (unpaired) electrons. The van der Waals surface area contributed by atoms with E-state index < -0.39 is 6.10 Å². The summed E-state index contributed by atoms with van der Waals surface area (Å²) in [6.07, 6.45) is 0.245. The molecule has 128 valence electrons. The molecule has 4 nitrogen and oxygen atoms in total. The van der Waals surface area contributed by atoms with Gasteiger partial charge in [-0.25, -0.2) is 0 Å². The Morgan fingerprint density at radius 2 is 1.71 bits per heavy atom. The normalized spacial score (nSPS) is 11.7. The molecule has 0 unspecified atom stereocenters. The number of aryl methyl sites for hydroxylation is 2. The Morgan fingerprint density at radius 1 is 1.04 bits per heavy atom. The van der Waals surface area contributed by atoms with E-state index in [1.54, 1.807) is 14.0 Å². The highest BCUT2D eigenvalue weighted by atomic mass is 16.5. The predicted octanol–water partition coefficient (Wildman–Crippen LogP) is 3.44. The minimum atomic E-state index is -0.525. The summed E-state index contributed by atoms with van der Waals surface area (Å²) in [6, 6.07) is 13.7. The molecule has 0 heterocycles. The second kappa shape index (κ2) is 8.39. The van der Waals surface area contributed by atoms with E-state index in [4.69, 9.17) is 9.47 Å². The van der Waals surface area contributed by atoms with Crippen LogP contribution in [0.15, 0.2) is 42.5 Å². The van der Waals surface area contributed by atoms with E-state index in [1.807, 2.05) is 49.4 Å². The average Bonchev–Trinajstić information content (AvgIpc) is 2.58. The minimum Gasteiger partial charge on any atom is -0.497 e. The molecule has 0 aliphatic carbocycles. The van der Waals surface area contributed by atoms with Crippen LogP contribution in [0.4, 0.5) is 0 Å². The molecule has 0 fully saturated rings. The molecule has 24 heavy (non-hydrogen) atoms. The van der Waals surface area contributed by atoms with E-state index in [1.165, 1.54) is 5.56 Å². The van der Waals surface area contributed by atoms with Crippen LogP contribution in [0.1, 0.15) is 23.6 Å². The molecule has 1 amide bonds. The number of amides is 1. The molecule has 2 rings (SSSR count). The fourth-order valence-corrected chi connectivity index (χ4v) is 2.31. The van der Waals surface area contributed by atoms with E-state index in [-0.39, 0.29) is 5.91 Å². The van der Waals surface area contributed by atoms with Crippen LogP contribution in [-0.2, 0) is 11.2 Å². The predicted molar refractivity (Wildman–Crippen MR) is 95.7 cm³/mol. The molecular formula is C20H25NO3. The third kappa shape index (κ3) is 5.01. The van der Waals surface area contributed by atoms with Crippen molar-refractivity contribution in [1.82, 2.24) is 5.32 Å². The Bertz CT molecular complexity index is 680. The van der Waals surface area contributed by atoms with Crippen LogP contribution >= 0.6 is 0 Å². The fraction of sp³-hybridized carbons (Fsp3) is 0.350. The Labute approximate surface area is 143 Å². The summed E-state index contributed by atoms with van der Waals surface area (Å²) in [5.74, 6) is 1.44. The van der Waals surface area contributed by atoms with E-state index in [2.05, 4.69) is 12.2 Å². The summed E-state index contributed by atoms with van der Waals surface area (Å²) in [7, 11) is 1.64. The van der Waals surface area contributed by atoms with Crippen molar-refractivity contribution in [1.29, 1.82) is 0 Å². The van der Waals surface area contributed by atoms with Crippen LogP contribution in [0.2, 0.25) is 0 Å². The van der Waals surface area contributed by atoms with Crippen molar-refractivity contribution in [3.8, 4) is 11.5 Å². The van der Waals surface area contributed by atoms with Crippen LogP contribution in [-0.4, -0.2) is 25.7 Å². The molecule has 4 heteroatoms. The van der Waals surface area contributed by atoms with Crippen LogP contribution in [0, 0.1) is 13.8 Å². The Hall–Kier alpha value is -2.49. The van der Waals surface area contributed by atoms with E-state index >= 15 is 0 Å². The molecule has 0 aromatic heterocycles. The van der Waals surface area contributed by atoms with Crippen molar-refractivity contribution in [3.05, 3.63) is 59.2 Å². The minimum absolute atomic E-state index is 0.110. The lowest BCUT2D eigenvalue weighted by Crippen LogP contribution is -2.37. The molecular weight excluding hydrogens is 302 g/mol. The first-order valence-corrected chi connectivity index (χ1v) is 8.14. The van der Waals surface area contributed by atoms with Gasteiger partial charge < -0.3 is 14.8 Å². The molecule has 0 spiro atoms. The molecule has 0 aliphatic rings. The van der Waals surface area contributed by atoms with Crippen molar-refractivity contribution >= 4 is 5.91 Å². The third-order valence-electron chi connectivity index (χ3n) is 4.03. The summed E-state index contributed by atoms with van der Waals surface area (Å²) in [5.41, 5.74) is 3.51. The van der Waals surface area contributed by atoms with Gasteiger partial charge in [-0.1, -0.05) is 18.2 Å². The van der Waals surface area contributed by atoms with Gasteiger partial charge in [-0.15, -0.1) is 0 Å². The first kappa shape index (κ1) is 17.9. The molecule has 1 atom stereocenters. The molecule has 0 aliphatic heterocycles. The third-order valence-corrected chi connectivity index (χ3v) is 4.03. The van der Waals surface area contributed by atoms with Gasteiger partial charge in [-0.2, -0.15) is 0 Å². The van der Waals surface area contributed by atoms with Crippen molar-refractivity contribution in [2.75, 3.05) is 13.7 Å². The first-order chi connectivity index (χ1) is 11.5. The Kier molecular flexibility index (Phi) is 6.24. The summed E-state index contributed by atoms with van der Waals surface area (Å²) < 4.78 is 10.8. The van der Waals surface area contributed by atoms with Crippen LogP contribution in [0.25, 0.3) is 0 Å². The van der Waals surface area contributed by atoms with Gasteiger partial charge >= 0.3 is 0 Å². The quantitative estimate of drug-likeness (QED) is 0.847. The van der Waals surface area contributed by atoms with Gasteiger partial charge in [-0.3, -0.25) is 4.79 Å². The number of hydrogen-bond donors (Lipinski definition) is 1. The number of methoxy groups -OCH3 is 1. The van der Waals surface area contributed by atoms with Gasteiger partial charge in [0.05, 0.1) is 7.11 Å². The standard InChI is InChI=1S/C20H25NO3/c1-14-5-8-19(13-15(14)2)24-16(3)20(22)21-12-11-17-6-9-18(23-4)10-7-17/h5-10,13,16H,11-12H2,1-4H3,(H,21,22)/t16-/m0/s1.